The number of hydrogen-bond donors (Lipinski definition) is 20. The van der Waals surface area contributed by atoms with Crippen molar-refractivity contribution in [2.24, 2.45) is 11.7 Å². The number of aliphatic hydroxyl groups is 6. The molecule has 2 saturated heterocycles. The first-order valence-corrected chi connectivity index (χ1v) is 39.8. The molecule has 21 N–H and O–H groups in total. The number of halogens is 5. The van der Waals surface area contributed by atoms with E-state index in [9.17, 15) is 78.3 Å². The number of fused-ring (bicyclic) bond motifs is 15. The quantitative estimate of drug-likeness (QED) is 0.0362. The molecular formula is C83H89Cl2F3N12O26. The third-order valence-electron chi connectivity index (χ3n) is 21.2. The molecule has 0 radical (unpaired) electrons. The van der Waals surface area contributed by atoms with E-state index in [-0.39, 0.29) is 53.2 Å². The number of primary amides is 1. The number of aromatic hydroxyl groups is 3. The van der Waals surface area contributed by atoms with Crippen molar-refractivity contribution in [2.75, 3.05) is 26.1 Å². The zero-order chi connectivity index (χ0) is 91.2. The van der Waals surface area contributed by atoms with Crippen LogP contribution in [0.15, 0.2) is 128 Å². The van der Waals surface area contributed by atoms with Crippen LogP contribution in [0.4, 0.5) is 18.9 Å². The summed E-state index contributed by atoms with van der Waals surface area (Å²) in [5, 5.41) is 129. The molecule has 18 atom stereocenters. The lowest BCUT2D eigenvalue weighted by atomic mass is 9.84. The summed E-state index contributed by atoms with van der Waals surface area (Å²) in [6.07, 6.45) is -19.6. The molecule has 8 heterocycles. The van der Waals surface area contributed by atoms with Gasteiger partial charge in [-0.1, -0.05) is 67.4 Å². The number of pyridine rings is 1. The molecular weight excluding hydrogens is 1710 g/mol. The maximum atomic E-state index is 16.3. The highest BCUT2D eigenvalue weighted by Crippen LogP contribution is 2.50. The molecule has 9 amide bonds. The third-order valence-corrected chi connectivity index (χ3v) is 21.8. The Morgan fingerprint density at radius 1 is 0.738 bits per heavy atom. The summed E-state index contributed by atoms with van der Waals surface area (Å²) >= 11 is 14.3. The molecule has 14 rings (SSSR count). The number of phenols is 3. The van der Waals surface area contributed by atoms with Crippen LogP contribution in [0.1, 0.15) is 116 Å². The number of benzene rings is 6. The van der Waals surface area contributed by atoms with E-state index in [0.29, 0.717) is 5.56 Å². The van der Waals surface area contributed by atoms with Crippen molar-refractivity contribution < 1.29 is 140 Å². The molecule has 7 aromatic rings. The fourth-order valence-corrected chi connectivity index (χ4v) is 15.4. The lowest BCUT2D eigenvalue weighted by Crippen LogP contribution is -2.65. The number of hydrogen-bond acceptors (Lipinski definition) is 29. The normalized spacial score (nSPS) is 26.0. The lowest BCUT2D eigenvalue weighted by molar-refractivity contribution is -0.334. The Morgan fingerprint density at radius 3 is 2.04 bits per heavy atom. The van der Waals surface area contributed by atoms with Crippen molar-refractivity contribution in [3.8, 4) is 62.9 Å². The van der Waals surface area contributed by atoms with E-state index in [1.54, 1.807) is 20.8 Å². The minimum Gasteiger partial charge on any atom is -0.508 e. The molecule has 0 aliphatic carbocycles. The van der Waals surface area contributed by atoms with Gasteiger partial charge in [-0.25, -0.2) is 5.48 Å². The standard InChI is InChI=1S/C83H89Cl2F3N12O26/c1-34(2)18-49(90-5)74(112)98-65-67(107)39-12-15-53(47(84)22-39)121-55-24-41-25-56(71(55)125-81-72(70(110)69(109)57(33-101)123-81)124-60-29-82(4,73(111)35(3)120-60)92-31-37-19-42(32-91-30-37)93-59(106)17-10-36-8-7-9-44(20-36)126-83(86,87)88)122-54-16-13-40(23-48(54)85)68(108)66-79(117)97-64(80(118)100-119-6)46-26-43(102)27-52(104)61(46)45-21-38(11-14-51(45)103)62(76(114)99-66)96-77(115)63(41)95-75(113)50(28-58(89)105)94-78(65)116/h7-17,19-27,30,32,34-35,49-50,57,60,62-70,72-73,81,90,92,101-104,107-111H,18,28-29,31,33H2,1-6H3,(H2,89,105)(H,93,106)(H,94,116)(H,95,113)(H,96,115)(H,97,117)(H,98,112)(H,99,114)(H,100,118). The molecule has 18 unspecified atom stereocenters. The van der Waals surface area contributed by atoms with Crippen LogP contribution < -0.4 is 78.0 Å². The van der Waals surface area contributed by atoms with E-state index in [1.165, 1.54) is 62.8 Å². The van der Waals surface area contributed by atoms with E-state index in [2.05, 4.69) is 63.1 Å². The monoisotopic (exact) mass is 1800 g/mol. The first kappa shape index (κ1) is 93.1. The number of aromatic nitrogens is 1. The van der Waals surface area contributed by atoms with E-state index in [0.717, 1.165) is 92.0 Å². The maximum absolute atomic E-state index is 16.3. The highest BCUT2D eigenvalue weighted by Gasteiger charge is 2.53. The number of nitrogens with zero attached hydrogens (tertiary/aromatic N) is 1. The lowest BCUT2D eigenvalue weighted by Gasteiger charge is -2.48. The molecule has 0 spiro atoms. The number of nitrogens with one attached hydrogen (secondary N) is 10. The molecule has 126 heavy (non-hydrogen) atoms. The van der Waals surface area contributed by atoms with Crippen LogP contribution in [0.5, 0.6) is 51.7 Å². The van der Waals surface area contributed by atoms with Gasteiger partial charge in [0.15, 0.2) is 23.9 Å². The number of amides is 9. The van der Waals surface area contributed by atoms with Crippen LogP contribution in [0, 0.1) is 5.92 Å². The molecule has 38 nitrogen and oxygen atoms in total. The average molecular weight is 1800 g/mol. The Labute approximate surface area is 724 Å². The number of carbonyl (C=O) groups excluding carboxylic acids is 9. The van der Waals surface area contributed by atoms with Gasteiger partial charge >= 0.3 is 6.36 Å². The third kappa shape index (κ3) is 21.5. The second kappa shape index (κ2) is 39.2. The molecule has 2 fully saturated rings. The topological polar surface area (TPSA) is 569 Å². The summed E-state index contributed by atoms with van der Waals surface area (Å²) in [6.45, 7) is 5.55. The van der Waals surface area contributed by atoms with E-state index in [4.69, 9.17) is 62.2 Å². The molecule has 1 aromatic heterocycles. The highest BCUT2D eigenvalue weighted by molar-refractivity contribution is 6.32. The Morgan fingerprint density at radius 2 is 1.40 bits per heavy atom. The second-order valence-corrected chi connectivity index (χ2v) is 31.7. The number of aliphatic hydroxyl groups excluding tert-OH is 6. The molecule has 7 aliphatic rings. The summed E-state index contributed by atoms with van der Waals surface area (Å²) in [7, 11) is 2.49. The van der Waals surface area contributed by atoms with Crippen LogP contribution in [-0.2, 0) is 68.7 Å². The predicted octanol–water partition coefficient (Wildman–Crippen LogP) is 3.48. The van der Waals surface area contributed by atoms with Gasteiger partial charge in [-0.05, 0) is 151 Å². The van der Waals surface area contributed by atoms with E-state index in [1.807, 2.05) is 0 Å². The number of alkyl halides is 3. The number of likely N-dealkylation sites (N-methyl/N-ethyl adjacent to an activating group) is 1. The molecule has 11 bridgehead atoms. The number of anilines is 1. The smallest absolute Gasteiger partial charge is 0.508 e. The van der Waals surface area contributed by atoms with E-state index < -0.39 is 266 Å². The van der Waals surface area contributed by atoms with E-state index >= 15 is 24.0 Å². The van der Waals surface area contributed by atoms with Crippen molar-refractivity contribution in [3.63, 3.8) is 0 Å². The Bertz CT molecular complexity index is 5350. The Kier molecular flexibility index (Phi) is 29.0. The van der Waals surface area contributed by atoms with Gasteiger partial charge < -0.3 is 133 Å². The minimum absolute atomic E-state index is 0.0873. The summed E-state index contributed by atoms with van der Waals surface area (Å²) < 4.78 is 82.2. The number of hydroxylamine groups is 1. The van der Waals surface area contributed by atoms with Gasteiger partial charge in [-0.3, -0.25) is 53.0 Å². The fraction of sp³-hybridized carbons (Fsp3) is 0.373. The van der Waals surface area contributed by atoms with Gasteiger partial charge in [-0.15, -0.1) is 13.2 Å². The Hall–Kier alpha value is -12.1. The first-order chi connectivity index (χ1) is 59.7. The van der Waals surface area contributed by atoms with Crippen molar-refractivity contribution >= 4 is 88.1 Å². The highest BCUT2D eigenvalue weighted by atomic mass is 35.5. The molecule has 43 heteroatoms. The van der Waals surface area contributed by atoms with Crippen molar-refractivity contribution in [1.29, 1.82) is 0 Å². The van der Waals surface area contributed by atoms with Gasteiger partial charge in [0.25, 0.3) is 5.91 Å². The van der Waals surface area contributed by atoms with Gasteiger partial charge in [0.1, 0.15) is 101 Å². The summed E-state index contributed by atoms with van der Waals surface area (Å²) in [5.41, 5.74) is 4.47. The Balaban J connectivity index is 0.996. The largest absolute Gasteiger partial charge is 0.573 e. The minimum atomic E-state index is -4.96. The first-order valence-electron chi connectivity index (χ1n) is 39.0. The van der Waals surface area contributed by atoms with Crippen molar-refractivity contribution in [3.05, 3.63) is 177 Å². The number of ether oxygens (including phenoxy) is 7. The van der Waals surface area contributed by atoms with Gasteiger partial charge in [0.2, 0.25) is 59.3 Å². The average Bonchev–Trinajstić information content (AvgIpc) is 0.764. The van der Waals surface area contributed by atoms with Crippen LogP contribution in [0.3, 0.4) is 0 Å². The maximum Gasteiger partial charge on any atom is 0.573 e. The van der Waals surface area contributed by atoms with Gasteiger partial charge in [0.05, 0.1) is 60.3 Å². The van der Waals surface area contributed by atoms with Crippen LogP contribution in [-0.4, -0.2) is 210 Å². The molecule has 7 aliphatic heterocycles. The summed E-state index contributed by atoms with van der Waals surface area (Å²) in [4.78, 5) is 142. The summed E-state index contributed by atoms with van der Waals surface area (Å²) in [6, 6.07) is 5.78. The predicted molar refractivity (Wildman–Crippen MR) is 434 cm³/mol. The number of carbonyl (C=O) groups is 9. The van der Waals surface area contributed by atoms with Gasteiger partial charge in [-0.2, -0.15) is 0 Å². The van der Waals surface area contributed by atoms with Crippen LogP contribution in [0.2, 0.25) is 10.0 Å². The number of rotatable bonds is 21. The number of phenolic OH excluding ortho intramolecular Hbond substituents is 3. The zero-order valence-corrected chi connectivity index (χ0v) is 69.0. The van der Waals surface area contributed by atoms with Crippen molar-refractivity contribution in [1.82, 2.24) is 53.0 Å². The molecule has 0 saturated carbocycles. The SMILES string of the molecule is CNC(CC(C)C)C(=O)NC1C(=O)NC(CC(N)=O)C(=O)NC2C(=O)NC3C(=O)NC(C(=O)NC(C(=O)NOC)c4cc(O)cc(O)c4-c4cc3ccc4O)C(O)c3ccc(c(Cl)c3)Oc3cc2cc(c3OC2OC(CO)C(O)C(O)C2OC2CC(C)(NCc3cncc(NC(=O)C=Cc4cccc(OC(F)(F)F)c4)c3)C(O)C(C)O2)Oc2ccc(cc2Cl)C1O. The van der Waals surface area contributed by atoms with Gasteiger partial charge in [0, 0.05) is 48.0 Å². The van der Waals surface area contributed by atoms with Crippen molar-refractivity contribution in [2.45, 2.75) is 169 Å². The zero-order valence-electron chi connectivity index (χ0n) is 67.5. The fourth-order valence-electron chi connectivity index (χ4n) is 14.9. The van der Waals surface area contributed by atoms with Crippen LogP contribution >= 0.6 is 23.2 Å². The molecule has 6 aromatic carbocycles. The van der Waals surface area contributed by atoms with Crippen LogP contribution in [0.25, 0.3) is 17.2 Å². The summed E-state index contributed by atoms with van der Waals surface area (Å²) in [5.74, 6) is -16.9. The second-order valence-electron chi connectivity index (χ2n) is 30.8. The molecule has 672 valence electrons. The number of nitrogens with two attached hydrogens (primary N) is 1.